The number of nitrogens with zero attached hydrogens (tertiary/aromatic N) is 4. The predicted octanol–water partition coefficient (Wildman–Crippen LogP) is 5.45. The summed E-state index contributed by atoms with van der Waals surface area (Å²) in [4.78, 5) is 19.2. The summed E-state index contributed by atoms with van der Waals surface area (Å²) >= 11 is 5.99. The molecule has 0 saturated carbocycles. The van der Waals surface area contributed by atoms with Crippen molar-refractivity contribution in [1.82, 2.24) is 14.5 Å². The number of rotatable bonds is 3. The van der Waals surface area contributed by atoms with Gasteiger partial charge in [-0.05, 0) is 52.0 Å². The maximum absolute atomic E-state index is 12.7. The van der Waals surface area contributed by atoms with Gasteiger partial charge in [-0.1, -0.05) is 23.7 Å². The van der Waals surface area contributed by atoms with Crippen LogP contribution in [-0.2, 0) is 17.9 Å². The molecule has 4 rings (SSSR count). The highest BCUT2D eigenvalue weighted by atomic mass is 35.5. The van der Waals surface area contributed by atoms with E-state index >= 15 is 0 Å². The lowest BCUT2D eigenvalue weighted by Gasteiger charge is -2.35. The Labute approximate surface area is 192 Å². The lowest BCUT2D eigenvalue weighted by molar-refractivity contribution is 0.0123. The van der Waals surface area contributed by atoms with Gasteiger partial charge in [0, 0.05) is 23.7 Å². The van der Waals surface area contributed by atoms with E-state index in [1.807, 2.05) is 45.9 Å². The Morgan fingerprint density at radius 3 is 2.78 bits per heavy atom. The van der Waals surface area contributed by atoms with Gasteiger partial charge in [0.1, 0.15) is 29.3 Å². The second-order valence-electron chi connectivity index (χ2n) is 8.80. The quantitative estimate of drug-likeness (QED) is 0.527. The Kier molecular flexibility index (Phi) is 5.74. The summed E-state index contributed by atoms with van der Waals surface area (Å²) in [5.41, 5.74) is 2.36. The third kappa shape index (κ3) is 4.23. The first kappa shape index (κ1) is 22.0. The van der Waals surface area contributed by atoms with Crippen molar-refractivity contribution >= 4 is 28.7 Å². The number of aromatic nitrogens is 2. The summed E-state index contributed by atoms with van der Waals surface area (Å²) in [7, 11) is 0. The van der Waals surface area contributed by atoms with Crippen LogP contribution in [0.5, 0.6) is 5.75 Å². The Hall–Kier alpha value is -3.24. The van der Waals surface area contributed by atoms with Crippen molar-refractivity contribution in [3.8, 4) is 11.8 Å². The minimum absolute atomic E-state index is 0.223. The molecular formula is C24H25ClN4O3. The number of hydrogen-bond donors (Lipinski definition) is 0. The zero-order valence-corrected chi connectivity index (χ0v) is 19.3. The molecular weight excluding hydrogens is 428 g/mol. The van der Waals surface area contributed by atoms with E-state index in [4.69, 9.17) is 26.1 Å². The molecule has 0 aliphatic carbocycles. The Morgan fingerprint density at radius 2 is 2.06 bits per heavy atom. The number of amides is 1. The molecule has 2 heterocycles. The smallest absolute Gasteiger partial charge is 0.410 e. The van der Waals surface area contributed by atoms with E-state index in [2.05, 4.69) is 10.6 Å². The minimum atomic E-state index is -0.556. The van der Waals surface area contributed by atoms with Gasteiger partial charge in [-0.15, -0.1) is 0 Å². The van der Waals surface area contributed by atoms with E-state index in [1.165, 1.54) is 0 Å². The van der Waals surface area contributed by atoms with Gasteiger partial charge in [0.2, 0.25) is 0 Å². The normalized spacial score (nSPS) is 15.9. The zero-order chi connectivity index (χ0) is 23.0. The highest BCUT2D eigenvalue weighted by Gasteiger charge is 2.33. The number of fused-ring (bicyclic) bond motifs is 3. The molecule has 7 nitrogen and oxygen atoms in total. The van der Waals surface area contributed by atoms with Crippen molar-refractivity contribution < 1.29 is 14.3 Å². The second kappa shape index (κ2) is 8.36. The van der Waals surface area contributed by atoms with Crippen LogP contribution in [0.3, 0.4) is 0 Å². The second-order valence-corrected chi connectivity index (χ2v) is 9.23. The first-order valence-electron chi connectivity index (χ1n) is 10.5. The highest BCUT2D eigenvalue weighted by molar-refractivity contribution is 6.30. The Balaban J connectivity index is 1.62. The predicted molar refractivity (Wildman–Crippen MR) is 122 cm³/mol. The van der Waals surface area contributed by atoms with E-state index in [1.54, 1.807) is 23.1 Å². The van der Waals surface area contributed by atoms with E-state index in [0.29, 0.717) is 29.4 Å². The maximum atomic E-state index is 12.7. The fraction of sp³-hybridized carbons (Fsp3) is 0.375. The van der Waals surface area contributed by atoms with Gasteiger partial charge < -0.3 is 14.0 Å². The van der Waals surface area contributed by atoms with Gasteiger partial charge in [0.25, 0.3) is 0 Å². The van der Waals surface area contributed by atoms with Crippen molar-refractivity contribution in [3.63, 3.8) is 0 Å². The molecule has 0 saturated heterocycles. The largest absolute Gasteiger partial charge is 0.487 e. The topological polar surface area (TPSA) is 80.4 Å². The average Bonchev–Trinajstić information content (AvgIpc) is 3.12. The summed E-state index contributed by atoms with van der Waals surface area (Å²) in [6.07, 6.45) is -0.341. The average molecular weight is 453 g/mol. The number of para-hydroxylation sites is 1. The molecule has 0 radical (unpaired) electrons. The number of carbonyl (C=O) groups excluding carboxylic acids is 1. The molecule has 0 N–H and O–H groups in total. The third-order valence-corrected chi connectivity index (χ3v) is 5.62. The number of imidazole rings is 1. The molecule has 8 heteroatoms. The summed E-state index contributed by atoms with van der Waals surface area (Å²) in [5.74, 6) is 1.41. The SMILES string of the molecule is C[C@H]1c2nc3c(OCc4ccc(Cl)cc4C#N)cccc3n2CCN1C(=O)OC(C)(C)C. The number of hydrogen-bond acceptors (Lipinski definition) is 5. The van der Waals surface area contributed by atoms with Crippen LogP contribution in [0.25, 0.3) is 11.0 Å². The molecule has 2 aromatic carbocycles. The van der Waals surface area contributed by atoms with Gasteiger partial charge in [-0.2, -0.15) is 5.26 Å². The van der Waals surface area contributed by atoms with Gasteiger partial charge >= 0.3 is 6.09 Å². The van der Waals surface area contributed by atoms with Crippen LogP contribution in [0.4, 0.5) is 4.79 Å². The summed E-state index contributed by atoms with van der Waals surface area (Å²) in [6.45, 7) is 8.91. The molecule has 166 valence electrons. The van der Waals surface area contributed by atoms with Crippen molar-refractivity contribution in [2.45, 2.75) is 52.5 Å². The van der Waals surface area contributed by atoms with Crippen LogP contribution >= 0.6 is 11.6 Å². The Bertz CT molecular complexity index is 1220. The number of halogens is 1. The fourth-order valence-corrected chi connectivity index (χ4v) is 4.03. The van der Waals surface area contributed by atoms with E-state index in [9.17, 15) is 10.1 Å². The summed E-state index contributed by atoms with van der Waals surface area (Å²) < 4.78 is 13.8. The molecule has 0 spiro atoms. The zero-order valence-electron chi connectivity index (χ0n) is 18.6. The molecule has 0 unspecified atom stereocenters. The van der Waals surface area contributed by atoms with Crippen LogP contribution in [0, 0.1) is 11.3 Å². The van der Waals surface area contributed by atoms with E-state index in [-0.39, 0.29) is 18.7 Å². The molecule has 1 atom stereocenters. The van der Waals surface area contributed by atoms with Crippen LogP contribution < -0.4 is 4.74 Å². The van der Waals surface area contributed by atoms with Crippen LogP contribution in [0.2, 0.25) is 5.02 Å². The molecule has 0 fully saturated rings. The van der Waals surface area contributed by atoms with Crippen molar-refractivity contribution in [3.05, 3.63) is 58.4 Å². The van der Waals surface area contributed by atoms with E-state index in [0.717, 1.165) is 22.4 Å². The molecule has 0 bridgehead atoms. The Morgan fingerprint density at radius 1 is 1.28 bits per heavy atom. The summed E-state index contributed by atoms with van der Waals surface area (Å²) in [6, 6.07) is 12.9. The van der Waals surface area contributed by atoms with Gasteiger partial charge in [0.15, 0.2) is 0 Å². The molecule has 1 aliphatic rings. The summed E-state index contributed by atoms with van der Waals surface area (Å²) in [5, 5.41) is 9.88. The van der Waals surface area contributed by atoms with E-state index < -0.39 is 5.60 Å². The minimum Gasteiger partial charge on any atom is -0.487 e. The van der Waals surface area contributed by atoms with Gasteiger partial charge in [-0.3, -0.25) is 4.90 Å². The maximum Gasteiger partial charge on any atom is 0.410 e. The van der Waals surface area contributed by atoms with Crippen molar-refractivity contribution in [1.29, 1.82) is 5.26 Å². The van der Waals surface area contributed by atoms with Crippen LogP contribution in [0.15, 0.2) is 36.4 Å². The molecule has 1 aromatic heterocycles. The number of carbonyl (C=O) groups is 1. The van der Waals surface area contributed by atoms with Gasteiger partial charge in [0.05, 0.1) is 23.2 Å². The van der Waals surface area contributed by atoms with Crippen LogP contribution in [0.1, 0.15) is 50.7 Å². The monoisotopic (exact) mass is 452 g/mol. The standard InChI is InChI=1S/C24H25ClN4O3/c1-15-22-27-21-19(29(22)11-10-28(15)23(30)32-24(2,3)4)6-5-7-20(21)31-14-16-8-9-18(25)12-17(16)13-26/h5-9,12,15H,10-11,14H2,1-4H3/t15-/m0/s1. The molecule has 32 heavy (non-hydrogen) atoms. The highest BCUT2D eigenvalue weighted by Crippen LogP contribution is 2.34. The van der Waals surface area contributed by atoms with Crippen molar-refractivity contribution in [2.24, 2.45) is 0 Å². The van der Waals surface area contributed by atoms with Crippen molar-refractivity contribution in [2.75, 3.05) is 6.54 Å². The number of ether oxygens (including phenoxy) is 2. The first-order chi connectivity index (χ1) is 15.2. The molecule has 1 amide bonds. The number of nitriles is 1. The van der Waals surface area contributed by atoms with Crippen LogP contribution in [-0.4, -0.2) is 32.7 Å². The molecule has 1 aliphatic heterocycles. The number of benzene rings is 2. The fourth-order valence-electron chi connectivity index (χ4n) is 3.85. The molecule has 3 aromatic rings. The lowest BCUT2D eigenvalue weighted by Crippen LogP contribution is -2.43. The third-order valence-electron chi connectivity index (χ3n) is 5.38. The lowest BCUT2D eigenvalue weighted by atomic mass is 10.1. The van der Waals surface area contributed by atoms with Gasteiger partial charge in [-0.25, -0.2) is 9.78 Å². The first-order valence-corrected chi connectivity index (χ1v) is 10.9.